The summed E-state index contributed by atoms with van der Waals surface area (Å²) in [6, 6.07) is 8.35. The number of rotatable bonds is 11. The van der Waals surface area contributed by atoms with Gasteiger partial charge in [-0.2, -0.15) is 0 Å². The van der Waals surface area contributed by atoms with E-state index in [2.05, 4.69) is 34.2 Å². The SMILES string of the molecule is CC(=O)SCCCCc1ccnc(-c2cc(CCCCSC(C)=O)ccn2)c1. The Morgan fingerprint density at radius 1 is 0.750 bits per heavy atom. The van der Waals surface area contributed by atoms with Gasteiger partial charge in [0.25, 0.3) is 0 Å². The van der Waals surface area contributed by atoms with E-state index in [4.69, 9.17) is 0 Å². The first-order chi connectivity index (χ1) is 13.5. The summed E-state index contributed by atoms with van der Waals surface area (Å²) < 4.78 is 0. The Morgan fingerprint density at radius 2 is 1.18 bits per heavy atom. The summed E-state index contributed by atoms with van der Waals surface area (Å²) in [5.41, 5.74) is 4.33. The fourth-order valence-electron chi connectivity index (χ4n) is 2.83. The minimum atomic E-state index is 0.190. The van der Waals surface area contributed by atoms with E-state index in [1.54, 1.807) is 13.8 Å². The van der Waals surface area contributed by atoms with E-state index in [1.807, 2.05) is 12.4 Å². The van der Waals surface area contributed by atoms with Crippen molar-refractivity contribution in [3.8, 4) is 11.4 Å². The second-order valence-electron chi connectivity index (χ2n) is 6.69. The lowest BCUT2D eigenvalue weighted by Crippen LogP contribution is -1.95. The average Bonchev–Trinajstić information content (AvgIpc) is 2.67. The molecule has 0 radical (unpaired) electrons. The number of aryl methyl sites for hydroxylation is 2. The molecular weight excluding hydrogens is 388 g/mol. The van der Waals surface area contributed by atoms with Crippen LogP contribution in [0.3, 0.4) is 0 Å². The van der Waals surface area contributed by atoms with Crippen LogP contribution in [-0.4, -0.2) is 31.7 Å². The van der Waals surface area contributed by atoms with Gasteiger partial charge in [-0.3, -0.25) is 19.6 Å². The van der Waals surface area contributed by atoms with Gasteiger partial charge in [0, 0.05) is 37.7 Å². The zero-order valence-electron chi connectivity index (χ0n) is 16.6. The van der Waals surface area contributed by atoms with Crippen molar-refractivity contribution in [3.05, 3.63) is 47.8 Å². The lowest BCUT2D eigenvalue weighted by molar-refractivity contribution is -0.109. The van der Waals surface area contributed by atoms with Crippen molar-refractivity contribution >= 4 is 33.8 Å². The van der Waals surface area contributed by atoms with Crippen LogP contribution >= 0.6 is 23.5 Å². The summed E-state index contributed by atoms with van der Waals surface area (Å²) >= 11 is 2.80. The molecule has 0 aliphatic carbocycles. The molecule has 0 N–H and O–H groups in total. The quantitative estimate of drug-likeness (QED) is 0.460. The van der Waals surface area contributed by atoms with Gasteiger partial charge in [0.2, 0.25) is 0 Å². The molecule has 0 saturated heterocycles. The van der Waals surface area contributed by atoms with Gasteiger partial charge in [-0.15, -0.1) is 0 Å². The van der Waals surface area contributed by atoms with E-state index in [9.17, 15) is 9.59 Å². The maximum absolute atomic E-state index is 11.0. The number of nitrogens with zero attached hydrogens (tertiary/aromatic N) is 2. The van der Waals surface area contributed by atoms with Crippen molar-refractivity contribution < 1.29 is 9.59 Å². The number of aromatic nitrogens is 2. The van der Waals surface area contributed by atoms with Crippen LogP contribution < -0.4 is 0 Å². The lowest BCUT2D eigenvalue weighted by atomic mass is 10.1. The molecule has 0 bridgehead atoms. The average molecular weight is 417 g/mol. The summed E-state index contributed by atoms with van der Waals surface area (Å²) in [5.74, 6) is 1.78. The summed E-state index contributed by atoms with van der Waals surface area (Å²) in [7, 11) is 0. The lowest BCUT2D eigenvalue weighted by Gasteiger charge is -2.07. The molecule has 6 heteroatoms. The fourth-order valence-corrected chi connectivity index (χ4v) is 4.11. The molecule has 0 saturated carbocycles. The summed E-state index contributed by atoms with van der Waals surface area (Å²) in [6.07, 6.45) is 9.88. The molecule has 0 aliphatic rings. The molecule has 28 heavy (non-hydrogen) atoms. The first-order valence-electron chi connectivity index (χ1n) is 9.71. The molecule has 0 unspecified atom stereocenters. The van der Waals surface area contributed by atoms with Gasteiger partial charge in [0.1, 0.15) is 0 Å². The Labute approximate surface area is 176 Å². The van der Waals surface area contributed by atoms with Crippen molar-refractivity contribution in [3.63, 3.8) is 0 Å². The van der Waals surface area contributed by atoms with Gasteiger partial charge < -0.3 is 0 Å². The minimum absolute atomic E-state index is 0.190. The summed E-state index contributed by atoms with van der Waals surface area (Å²) in [6.45, 7) is 3.23. The van der Waals surface area contributed by atoms with Gasteiger partial charge >= 0.3 is 0 Å². The van der Waals surface area contributed by atoms with Gasteiger partial charge in [0.05, 0.1) is 11.4 Å². The third-order valence-corrected chi connectivity index (χ3v) is 6.04. The number of carbonyl (C=O) groups is 2. The van der Waals surface area contributed by atoms with E-state index in [1.165, 1.54) is 34.7 Å². The van der Waals surface area contributed by atoms with E-state index in [0.29, 0.717) is 0 Å². The molecule has 0 amide bonds. The molecule has 4 nitrogen and oxygen atoms in total. The molecule has 2 heterocycles. The predicted molar refractivity (Wildman–Crippen MR) is 120 cm³/mol. The van der Waals surface area contributed by atoms with E-state index >= 15 is 0 Å². The van der Waals surface area contributed by atoms with Gasteiger partial charge in [-0.05, 0) is 73.9 Å². The molecular formula is C22H28N2O2S2. The van der Waals surface area contributed by atoms with Crippen LogP contribution in [0.1, 0.15) is 50.7 Å². The van der Waals surface area contributed by atoms with E-state index in [-0.39, 0.29) is 10.2 Å². The molecule has 0 fully saturated rings. The van der Waals surface area contributed by atoms with Crippen LogP contribution in [0, 0.1) is 0 Å². The third-order valence-electron chi connectivity index (χ3n) is 4.24. The van der Waals surface area contributed by atoms with Gasteiger partial charge in [0.15, 0.2) is 10.2 Å². The molecule has 2 aromatic rings. The zero-order valence-corrected chi connectivity index (χ0v) is 18.3. The highest BCUT2D eigenvalue weighted by atomic mass is 32.2. The number of unbranched alkanes of at least 4 members (excludes halogenated alkanes) is 2. The van der Waals surface area contributed by atoms with Crippen LogP contribution in [0.25, 0.3) is 11.4 Å². The van der Waals surface area contributed by atoms with Crippen LogP contribution in [0.5, 0.6) is 0 Å². The number of pyridine rings is 2. The third kappa shape index (κ3) is 9.02. The summed E-state index contributed by atoms with van der Waals surface area (Å²) in [4.78, 5) is 30.9. The highest BCUT2D eigenvalue weighted by molar-refractivity contribution is 8.13. The number of hydrogen-bond acceptors (Lipinski definition) is 6. The molecule has 0 atom stereocenters. The van der Waals surface area contributed by atoms with Crippen LogP contribution in [0.4, 0.5) is 0 Å². The van der Waals surface area contributed by atoms with Crippen molar-refractivity contribution in [2.45, 2.75) is 52.4 Å². The fraction of sp³-hybridized carbons (Fsp3) is 0.455. The second kappa shape index (κ2) is 12.7. The largest absolute Gasteiger partial charge is 0.288 e. The molecule has 0 aliphatic heterocycles. The Hall–Kier alpha value is -1.66. The Morgan fingerprint density at radius 3 is 1.57 bits per heavy atom. The first kappa shape index (κ1) is 22.6. The number of carbonyl (C=O) groups excluding carboxylic acids is 2. The topological polar surface area (TPSA) is 59.9 Å². The standard InChI is InChI=1S/C22H28N2O2S2/c1-17(25)27-13-5-3-7-19-9-11-23-21(15-19)22-16-20(10-12-24-22)8-4-6-14-28-18(2)26/h9-12,15-16H,3-8,13-14H2,1-2H3. The number of thioether (sulfide) groups is 2. The summed E-state index contributed by atoms with van der Waals surface area (Å²) in [5, 5.41) is 0.379. The van der Waals surface area contributed by atoms with E-state index in [0.717, 1.165) is 61.4 Å². The highest BCUT2D eigenvalue weighted by Crippen LogP contribution is 2.19. The Kier molecular flexibility index (Phi) is 10.3. The molecule has 150 valence electrons. The minimum Gasteiger partial charge on any atom is -0.288 e. The van der Waals surface area contributed by atoms with Crippen LogP contribution in [0.2, 0.25) is 0 Å². The second-order valence-corrected chi connectivity index (χ2v) is 9.24. The normalized spacial score (nSPS) is 10.8. The molecule has 2 rings (SSSR count). The Bertz CT molecular complexity index is 715. The van der Waals surface area contributed by atoms with Crippen molar-refractivity contribution in [2.24, 2.45) is 0 Å². The van der Waals surface area contributed by atoms with Crippen LogP contribution in [-0.2, 0) is 22.4 Å². The number of hydrogen-bond donors (Lipinski definition) is 0. The highest BCUT2D eigenvalue weighted by Gasteiger charge is 2.05. The monoisotopic (exact) mass is 416 g/mol. The van der Waals surface area contributed by atoms with Gasteiger partial charge in [-0.1, -0.05) is 23.5 Å². The van der Waals surface area contributed by atoms with E-state index < -0.39 is 0 Å². The van der Waals surface area contributed by atoms with Gasteiger partial charge in [-0.25, -0.2) is 0 Å². The maximum Gasteiger partial charge on any atom is 0.185 e. The van der Waals surface area contributed by atoms with Crippen molar-refractivity contribution in [1.82, 2.24) is 9.97 Å². The molecule has 0 aromatic carbocycles. The first-order valence-corrected chi connectivity index (χ1v) is 11.7. The predicted octanol–water partition coefficient (Wildman–Crippen LogP) is 5.35. The van der Waals surface area contributed by atoms with Crippen molar-refractivity contribution in [2.75, 3.05) is 11.5 Å². The van der Waals surface area contributed by atoms with Crippen molar-refractivity contribution in [1.29, 1.82) is 0 Å². The zero-order chi connectivity index (χ0) is 20.2. The maximum atomic E-state index is 11.0. The molecule has 2 aromatic heterocycles. The molecule has 0 spiro atoms. The smallest absolute Gasteiger partial charge is 0.185 e. The van der Waals surface area contributed by atoms with Crippen LogP contribution in [0.15, 0.2) is 36.7 Å². The Balaban J connectivity index is 1.86.